The number of hydrogen-bond donors (Lipinski definition) is 0. The molecule has 0 radical (unpaired) electrons. The van der Waals surface area contributed by atoms with Crippen molar-refractivity contribution in [3.8, 4) is 6.07 Å². The number of benzene rings is 1. The summed E-state index contributed by atoms with van der Waals surface area (Å²) in [6.07, 6.45) is 1.74. The fourth-order valence-electron chi connectivity index (χ4n) is 2.38. The first kappa shape index (κ1) is 13.1. The molecule has 5 heteroatoms. The van der Waals surface area contributed by atoms with E-state index in [1.165, 1.54) is 10.4 Å². The first-order valence-corrected chi connectivity index (χ1v) is 7.35. The monoisotopic (exact) mass is 264 g/mol. The topological polar surface area (TPSA) is 61.2 Å². The van der Waals surface area contributed by atoms with Gasteiger partial charge in [-0.25, -0.2) is 8.42 Å². The maximum absolute atomic E-state index is 12.5. The van der Waals surface area contributed by atoms with E-state index in [0.29, 0.717) is 12.1 Å². The van der Waals surface area contributed by atoms with Gasteiger partial charge in [0.15, 0.2) is 0 Å². The van der Waals surface area contributed by atoms with Crippen molar-refractivity contribution in [2.75, 3.05) is 6.54 Å². The van der Waals surface area contributed by atoms with E-state index in [1.807, 2.05) is 19.9 Å². The Morgan fingerprint density at radius 1 is 1.39 bits per heavy atom. The predicted molar refractivity (Wildman–Crippen MR) is 68.4 cm³/mol. The first-order valence-electron chi connectivity index (χ1n) is 5.91. The van der Waals surface area contributed by atoms with E-state index in [0.717, 1.165) is 12.8 Å². The molecule has 18 heavy (non-hydrogen) atoms. The van der Waals surface area contributed by atoms with Crippen LogP contribution in [0.1, 0.15) is 32.3 Å². The zero-order valence-electron chi connectivity index (χ0n) is 10.5. The number of sulfonamides is 1. The molecule has 1 aromatic carbocycles. The van der Waals surface area contributed by atoms with E-state index >= 15 is 0 Å². The molecule has 0 amide bonds. The molecule has 0 unspecified atom stereocenters. The third-order valence-corrected chi connectivity index (χ3v) is 5.48. The van der Waals surface area contributed by atoms with Gasteiger partial charge in [-0.15, -0.1) is 0 Å². The Hall–Kier alpha value is -1.38. The lowest BCUT2D eigenvalue weighted by Gasteiger charge is -2.30. The largest absolute Gasteiger partial charge is 0.243 e. The summed E-state index contributed by atoms with van der Waals surface area (Å²) in [6, 6.07) is 8.16. The van der Waals surface area contributed by atoms with E-state index in [9.17, 15) is 8.42 Å². The van der Waals surface area contributed by atoms with Gasteiger partial charge < -0.3 is 0 Å². The minimum atomic E-state index is -3.50. The standard InChI is InChI=1S/C13H16N2O2S/c1-13(2)7-4-8-15(13)18(16,17)12-6-3-5-11(9-12)10-14/h3,5-6,9H,4,7-8H2,1-2H3. The average Bonchev–Trinajstić information content (AvgIpc) is 2.69. The summed E-state index contributed by atoms with van der Waals surface area (Å²) in [5, 5.41) is 8.84. The summed E-state index contributed by atoms with van der Waals surface area (Å²) in [4.78, 5) is 0.205. The Balaban J connectivity index is 2.46. The van der Waals surface area contributed by atoms with Crippen molar-refractivity contribution in [2.24, 2.45) is 0 Å². The molecule has 0 bridgehead atoms. The lowest BCUT2D eigenvalue weighted by Crippen LogP contribution is -2.42. The number of rotatable bonds is 2. The van der Waals surface area contributed by atoms with Crippen LogP contribution >= 0.6 is 0 Å². The molecule has 96 valence electrons. The summed E-state index contributed by atoms with van der Waals surface area (Å²) in [7, 11) is -3.50. The second-order valence-electron chi connectivity index (χ2n) is 5.13. The van der Waals surface area contributed by atoms with E-state index in [1.54, 1.807) is 18.2 Å². The fraction of sp³-hybridized carbons (Fsp3) is 0.462. The van der Waals surface area contributed by atoms with Gasteiger partial charge in [0.2, 0.25) is 10.0 Å². The van der Waals surface area contributed by atoms with Gasteiger partial charge in [0.1, 0.15) is 0 Å². The lowest BCUT2D eigenvalue weighted by molar-refractivity contribution is 0.291. The van der Waals surface area contributed by atoms with Gasteiger partial charge in [0.25, 0.3) is 0 Å². The number of hydrogen-bond acceptors (Lipinski definition) is 3. The summed E-state index contributed by atoms with van der Waals surface area (Å²) in [5.41, 5.74) is 0.0228. The van der Waals surface area contributed by atoms with Gasteiger partial charge in [-0.1, -0.05) is 6.07 Å². The van der Waals surface area contributed by atoms with E-state index < -0.39 is 10.0 Å². The Bertz CT molecular complexity index is 600. The molecular formula is C13H16N2O2S. The highest BCUT2D eigenvalue weighted by Crippen LogP contribution is 2.33. The van der Waals surface area contributed by atoms with Crippen molar-refractivity contribution in [3.63, 3.8) is 0 Å². The maximum atomic E-state index is 12.5. The van der Waals surface area contributed by atoms with Crippen LogP contribution in [0.2, 0.25) is 0 Å². The van der Waals surface area contributed by atoms with Crippen molar-refractivity contribution >= 4 is 10.0 Å². The maximum Gasteiger partial charge on any atom is 0.243 e. The van der Waals surface area contributed by atoms with Crippen LogP contribution in [0.3, 0.4) is 0 Å². The molecule has 0 atom stereocenters. The smallest absolute Gasteiger partial charge is 0.207 e. The van der Waals surface area contributed by atoms with Crippen molar-refractivity contribution in [1.82, 2.24) is 4.31 Å². The van der Waals surface area contributed by atoms with Crippen LogP contribution in [0.15, 0.2) is 29.2 Å². The molecule has 1 aliphatic heterocycles. The van der Waals surface area contributed by atoms with E-state index in [-0.39, 0.29) is 10.4 Å². The summed E-state index contributed by atoms with van der Waals surface area (Å²) in [6.45, 7) is 4.42. The van der Waals surface area contributed by atoms with Crippen molar-refractivity contribution in [1.29, 1.82) is 5.26 Å². The molecule has 1 fully saturated rings. The normalized spacial score (nSPS) is 19.6. The van der Waals surface area contributed by atoms with E-state index in [2.05, 4.69) is 0 Å². The van der Waals surface area contributed by atoms with Crippen LogP contribution < -0.4 is 0 Å². The molecule has 0 aliphatic carbocycles. The second kappa shape index (κ2) is 4.38. The van der Waals surface area contributed by atoms with Crippen molar-refractivity contribution < 1.29 is 8.42 Å². The first-order chi connectivity index (χ1) is 8.38. The zero-order valence-corrected chi connectivity index (χ0v) is 11.4. The van der Waals surface area contributed by atoms with Crippen LogP contribution in [0.5, 0.6) is 0 Å². The van der Waals surface area contributed by atoms with Crippen molar-refractivity contribution in [2.45, 2.75) is 37.1 Å². The Morgan fingerprint density at radius 2 is 2.11 bits per heavy atom. The average molecular weight is 264 g/mol. The minimum absolute atomic E-state index is 0.205. The second-order valence-corrected chi connectivity index (χ2v) is 7.00. The summed E-state index contributed by atoms with van der Waals surface area (Å²) < 4.78 is 26.6. The highest BCUT2D eigenvalue weighted by atomic mass is 32.2. The predicted octanol–water partition coefficient (Wildman–Crippen LogP) is 2.12. The van der Waals surface area contributed by atoms with Gasteiger partial charge in [0, 0.05) is 12.1 Å². The quantitative estimate of drug-likeness (QED) is 0.822. The third kappa shape index (κ3) is 2.14. The fourth-order valence-corrected chi connectivity index (χ4v) is 4.27. The molecule has 1 saturated heterocycles. The van der Waals surface area contributed by atoms with Gasteiger partial charge in [-0.05, 0) is 44.9 Å². The van der Waals surface area contributed by atoms with Crippen LogP contribution in [-0.4, -0.2) is 24.8 Å². The molecule has 1 aliphatic rings. The summed E-state index contributed by atoms with van der Waals surface area (Å²) >= 11 is 0. The SMILES string of the molecule is CC1(C)CCCN1S(=O)(=O)c1cccc(C#N)c1. The minimum Gasteiger partial charge on any atom is -0.207 e. The van der Waals surface area contributed by atoms with Crippen LogP contribution in [-0.2, 0) is 10.0 Å². The van der Waals surface area contributed by atoms with Gasteiger partial charge in [-0.3, -0.25) is 0 Å². The molecule has 0 spiro atoms. The van der Waals surface area contributed by atoms with Crippen LogP contribution in [0.25, 0.3) is 0 Å². The molecule has 1 aromatic rings. The molecule has 1 heterocycles. The van der Waals surface area contributed by atoms with Gasteiger partial charge >= 0.3 is 0 Å². The molecule has 2 rings (SSSR count). The number of nitriles is 1. The molecule has 0 saturated carbocycles. The third-order valence-electron chi connectivity index (χ3n) is 3.38. The van der Waals surface area contributed by atoms with Gasteiger partial charge in [0.05, 0.1) is 16.5 Å². The summed E-state index contributed by atoms with van der Waals surface area (Å²) in [5.74, 6) is 0. The van der Waals surface area contributed by atoms with Crippen molar-refractivity contribution in [3.05, 3.63) is 29.8 Å². The van der Waals surface area contributed by atoms with Crippen LogP contribution in [0.4, 0.5) is 0 Å². The highest BCUT2D eigenvalue weighted by molar-refractivity contribution is 7.89. The molecule has 0 N–H and O–H groups in total. The number of nitrogens with zero attached hydrogens (tertiary/aromatic N) is 2. The lowest BCUT2D eigenvalue weighted by atomic mass is 10.0. The van der Waals surface area contributed by atoms with Crippen LogP contribution in [0, 0.1) is 11.3 Å². The Kier molecular flexibility index (Phi) is 3.18. The Labute approximate surface area is 108 Å². The molecular weight excluding hydrogens is 248 g/mol. The molecule has 4 nitrogen and oxygen atoms in total. The van der Waals surface area contributed by atoms with E-state index in [4.69, 9.17) is 5.26 Å². The highest BCUT2D eigenvalue weighted by Gasteiger charge is 2.40. The Morgan fingerprint density at radius 3 is 2.67 bits per heavy atom. The van der Waals surface area contributed by atoms with Gasteiger partial charge in [-0.2, -0.15) is 9.57 Å². The molecule has 0 aromatic heterocycles. The zero-order chi connectivity index (χ0) is 13.4.